The van der Waals surface area contributed by atoms with Crippen molar-refractivity contribution >= 4 is 11.1 Å². The Morgan fingerprint density at radius 2 is 1.00 bits per heavy atom. The Hall–Kier alpha value is -3.84. The first kappa shape index (κ1) is 19.5. The summed E-state index contributed by atoms with van der Waals surface area (Å²) in [5.41, 5.74) is 6.87. The van der Waals surface area contributed by atoms with Gasteiger partial charge in [0.15, 0.2) is 0 Å². The van der Waals surface area contributed by atoms with Crippen LogP contribution in [0.2, 0.25) is 0 Å². The van der Waals surface area contributed by atoms with E-state index >= 15 is 0 Å². The average molecular weight is 389 g/mol. The maximum Gasteiger partial charge on any atom is 0.127 e. The Balaban J connectivity index is 2.08. The van der Waals surface area contributed by atoms with E-state index in [-0.39, 0.29) is 0 Å². The summed E-state index contributed by atoms with van der Waals surface area (Å²) in [5.74, 6) is 0.848. The molecule has 0 atom stereocenters. The molecule has 30 heavy (non-hydrogen) atoms. The van der Waals surface area contributed by atoms with Crippen molar-refractivity contribution in [3.05, 3.63) is 150 Å². The molecule has 1 nitrogen and oxygen atoms in total. The molecule has 0 unspecified atom stereocenters. The van der Waals surface area contributed by atoms with Crippen molar-refractivity contribution in [2.24, 2.45) is 0 Å². The lowest BCUT2D eigenvalue weighted by molar-refractivity contribution is 0.362. The minimum atomic E-state index is 0.463. The molecule has 0 aromatic heterocycles. The van der Waals surface area contributed by atoms with Crippen LogP contribution in [-0.4, -0.2) is 6.61 Å². The highest BCUT2D eigenvalue weighted by atomic mass is 16.5. The molecule has 0 saturated carbocycles. The van der Waals surface area contributed by atoms with Gasteiger partial charge in [0.05, 0.1) is 0 Å². The predicted molar refractivity (Wildman–Crippen MR) is 126 cm³/mol. The van der Waals surface area contributed by atoms with Crippen LogP contribution in [0.25, 0.3) is 11.1 Å². The van der Waals surface area contributed by atoms with E-state index in [0.717, 1.165) is 22.4 Å². The molecule has 0 amide bonds. The van der Waals surface area contributed by atoms with Gasteiger partial charge in [-0.2, -0.15) is 0 Å². The molecule has 4 rings (SSSR count). The quantitative estimate of drug-likeness (QED) is 0.239. The van der Waals surface area contributed by atoms with Crippen molar-refractivity contribution in [3.8, 4) is 5.75 Å². The molecule has 0 radical (unpaired) electrons. The molecule has 0 heterocycles. The number of hydrogen-bond donors (Lipinski definition) is 0. The fourth-order valence-corrected chi connectivity index (χ4v) is 3.65. The summed E-state index contributed by atoms with van der Waals surface area (Å²) >= 11 is 0. The molecule has 4 aromatic rings. The van der Waals surface area contributed by atoms with Gasteiger partial charge in [0.1, 0.15) is 12.4 Å². The smallest absolute Gasteiger partial charge is 0.127 e. The first-order valence-electron chi connectivity index (χ1n) is 10.1. The summed E-state index contributed by atoms with van der Waals surface area (Å²) in [6.45, 7) is 4.27. The van der Waals surface area contributed by atoms with Crippen LogP contribution in [0.15, 0.2) is 128 Å². The number of para-hydroxylation sites is 1. The van der Waals surface area contributed by atoms with Crippen molar-refractivity contribution in [2.45, 2.75) is 0 Å². The van der Waals surface area contributed by atoms with Crippen molar-refractivity contribution in [1.82, 2.24) is 0 Å². The zero-order valence-corrected chi connectivity index (χ0v) is 16.9. The molecule has 0 aliphatic carbocycles. The lowest BCUT2D eigenvalue weighted by atomic mass is 9.85. The summed E-state index contributed by atoms with van der Waals surface area (Å²) in [6, 6.07) is 39.8. The van der Waals surface area contributed by atoms with Crippen LogP contribution >= 0.6 is 0 Å². The number of rotatable bonds is 7. The van der Waals surface area contributed by atoms with E-state index in [1.165, 1.54) is 16.7 Å². The largest absolute Gasteiger partial charge is 0.489 e. The van der Waals surface area contributed by atoms with Gasteiger partial charge < -0.3 is 4.74 Å². The van der Waals surface area contributed by atoms with Crippen LogP contribution in [0, 0.1) is 0 Å². The van der Waals surface area contributed by atoms with Gasteiger partial charge >= 0.3 is 0 Å². The van der Waals surface area contributed by atoms with Crippen molar-refractivity contribution < 1.29 is 4.74 Å². The second-order valence-electron chi connectivity index (χ2n) is 6.94. The molecular formula is C29H24O. The van der Waals surface area contributed by atoms with E-state index in [2.05, 4.69) is 104 Å². The zero-order chi connectivity index (χ0) is 20.6. The molecule has 0 saturated heterocycles. The first-order chi connectivity index (χ1) is 14.9. The van der Waals surface area contributed by atoms with Gasteiger partial charge in [-0.05, 0) is 28.3 Å². The third kappa shape index (κ3) is 4.26. The standard InChI is InChI=1S/C29H24O/c1-2-22-30-27-21-13-12-20-26(27)29(25-18-10-5-11-19-25)28(23-14-6-3-7-15-23)24-16-8-4-9-17-24/h2-21H,1,22H2. The van der Waals surface area contributed by atoms with Crippen LogP contribution in [0.5, 0.6) is 5.75 Å². The highest BCUT2D eigenvalue weighted by Gasteiger charge is 2.18. The van der Waals surface area contributed by atoms with Crippen LogP contribution in [0.4, 0.5) is 0 Å². The van der Waals surface area contributed by atoms with E-state index in [9.17, 15) is 0 Å². The highest BCUT2D eigenvalue weighted by Crippen LogP contribution is 2.40. The molecule has 0 aliphatic rings. The SMILES string of the molecule is C=CCOc1ccccc1C(=C(c1ccccc1)c1ccccc1)c1ccccc1. The van der Waals surface area contributed by atoms with E-state index in [4.69, 9.17) is 4.74 Å². The van der Waals surface area contributed by atoms with Gasteiger partial charge in [0, 0.05) is 11.1 Å². The molecule has 4 aromatic carbocycles. The summed E-state index contributed by atoms with van der Waals surface area (Å²) in [7, 11) is 0. The molecule has 0 fully saturated rings. The van der Waals surface area contributed by atoms with Crippen LogP contribution in [-0.2, 0) is 0 Å². The van der Waals surface area contributed by atoms with Crippen LogP contribution in [0.3, 0.4) is 0 Å². The lowest BCUT2D eigenvalue weighted by Gasteiger charge is -2.20. The first-order valence-corrected chi connectivity index (χ1v) is 10.1. The molecule has 0 spiro atoms. The molecule has 0 bridgehead atoms. The summed E-state index contributed by atoms with van der Waals surface area (Å²) < 4.78 is 6.06. The second kappa shape index (κ2) is 9.58. The fourth-order valence-electron chi connectivity index (χ4n) is 3.65. The summed E-state index contributed by atoms with van der Waals surface area (Å²) in [5, 5.41) is 0. The van der Waals surface area contributed by atoms with E-state index in [0.29, 0.717) is 6.61 Å². The van der Waals surface area contributed by atoms with Gasteiger partial charge in [-0.15, -0.1) is 0 Å². The Morgan fingerprint density at radius 3 is 1.50 bits per heavy atom. The number of benzene rings is 4. The summed E-state index contributed by atoms with van der Waals surface area (Å²) in [6.07, 6.45) is 1.78. The van der Waals surface area contributed by atoms with Gasteiger partial charge in [0.25, 0.3) is 0 Å². The zero-order valence-electron chi connectivity index (χ0n) is 16.9. The minimum absolute atomic E-state index is 0.463. The van der Waals surface area contributed by atoms with Crippen LogP contribution < -0.4 is 4.74 Å². The average Bonchev–Trinajstić information content (AvgIpc) is 2.83. The fraction of sp³-hybridized carbons (Fsp3) is 0.0345. The van der Waals surface area contributed by atoms with E-state index < -0.39 is 0 Å². The van der Waals surface area contributed by atoms with E-state index in [1.54, 1.807) is 6.08 Å². The van der Waals surface area contributed by atoms with Crippen molar-refractivity contribution in [3.63, 3.8) is 0 Å². The third-order valence-corrected chi connectivity index (χ3v) is 4.95. The monoisotopic (exact) mass is 388 g/mol. The molecule has 0 aliphatic heterocycles. The third-order valence-electron chi connectivity index (χ3n) is 4.95. The summed E-state index contributed by atoms with van der Waals surface area (Å²) in [4.78, 5) is 0. The lowest BCUT2D eigenvalue weighted by Crippen LogP contribution is -2.01. The minimum Gasteiger partial charge on any atom is -0.489 e. The van der Waals surface area contributed by atoms with E-state index in [1.807, 2.05) is 18.2 Å². The van der Waals surface area contributed by atoms with Crippen molar-refractivity contribution in [1.29, 1.82) is 0 Å². The Morgan fingerprint density at radius 1 is 0.567 bits per heavy atom. The van der Waals surface area contributed by atoms with Crippen LogP contribution in [0.1, 0.15) is 22.3 Å². The van der Waals surface area contributed by atoms with Gasteiger partial charge in [0.2, 0.25) is 0 Å². The topological polar surface area (TPSA) is 9.23 Å². The van der Waals surface area contributed by atoms with Gasteiger partial charge in [-0.1, -0.05) is 122 Å². The molecular weight excluding hydrogens is 364 g/mol. The Kier molecular flexibility index (Phi) is 6.22. The number of hydrogen-bond acceptors (Lipinski definition) is 1. The number of ether oxygens (including phenoxy) is 1. The highest BCUT2D eigenvalue weighted by molar-refractivity contribution is 6.05. The van der Waals surface area contributed by atoms with Crippen molar-refractivity contribution in [2.75, 3.05) is 6.61 Å². The Labute approximate surface area is 178 Å². The van der Waals surface area contributed by atoms with Gasteiger partial charge in [-0.3, -0.25) is 0 Å². The molecule has 146 valence electrons. The van der Waals surface area contributed by atoms with Gasteiger partial charge in [-0.25, -0.2) is 0 Å². The molecule has 1 heteroatoms. The Bertz CT molecular complexity index is 1090. The normalized spacial score (nSPS) is 10.3. The maximum atomic E-state index is 6.06. The second-order valence-corrected chi connectivity index (χ2v) is 6.94. The molecule has 0 N–H and O–H groups in total. The predicted octanol–water partition coefficient (Wildman–Crippen LogP) is 7.26. The maximum absolute atomic E-state index is 6.06.